The number of nitrogens with one attached hydrogen (secondary N) is 2. The molecule has 0 spiro atoms. The highest BCUT2D eigenvalue weighted by atomic mass is 19.3. The van der Waals surface area contributed by atoms with Crippen molar-refractivity contribution in [3.8, 4) is 0 Å². The first-order valence-corrected chi connectivity index (χ1v) is 10.9. The number of nitrogens with two attached hydrogens (primary N) is 1. The summed E-state index contributed by atoms with van der Waals surface area (Å²) in [4.78, 5) is 11.6. The van der Waals surface area contributed by atoms with Gasteiger partial charge in [-0.05, 0) is 48.6 Å². The van der Waals surface area contributed by atoms with Gasteiger partial charge in [-0.1, -0.05) is 19.9 Å². The summed E-state index contributed by atoms with van der Waals surface area (Å²) in [7, 11) is 1.73. The quantitative estimate of drug-likeness (QED) is 0.562. The molecule has 0 bridgehead atoms. The van der Waals surface area contributed by atoms with E-state index in [0.29, 0.717) is 24.3 Å². The highest BCUT2D eigenvalue weighted by molar-refractivity contribution is 5.93. The first-order valence-electron chi connectivity index (χ1n) is 10.9. The lowest BCUT2D eigenvalue weighted by molar-refractivity contribution is -0.0454. The lowest BCUT2D eigenvalue weighted by Crippen LogP contribution is -2.57. The van der Waals surface area contributed by atoms with Gasteiger partial charge >= 0.3 is 0 Å². The maximum atomic E-state index is 13.3. The molecule has 1 amide bonds. The Morgan fingerprint density at radius 2 is 1.93 bits per heavy atom. The Kier molecular flexibility index (Phi) is 7.15. The number of ether oxygens (including phenoxy) is 1. The summed E-state index contributed by atoms with van der Waals surface area (Å²) in [5.74, 6) is -2.55. The van der Waals surface area contributed by atoms with Gasteiger partial charge in [-0.25, -0.2) is 8.78 Å². The summed E-state index contributed by atoms with van der Waals surface area (Å²) in [5, 5.41) is 7.05. The summed E-state index contributed by atoms with van der Waals surface area (Å²) in [5.41, 5.74) is 8.08. The van der Waals surface area contributed by atoms with Gasteiger partial charge in [-0.2, -0.15) is 0 Å². The van der Waals surface area contributed by atoms with Gasteiger partial charge in [-0.3, -0.25) is 4.79 Å². The Bertz CT molecular complexity index is 744. The normalized spacial score (nSPS) is 25.6. The van der Waals surface area contributed by atoms with E-state index < -0.39 is 11.8 Å². The van der Waals surface area contributed by atoms with E-state index in [-0.39, 0.29) is 30.4 Å². The number of alkyl halides is 2. The number of hydrogen-bond acceptors (Lipinski definition) is 4. The predicted molar refractivity (Wildman–Crippen MR) is 114 cm³/mol. The number of fused-ring (bicyclic) bond motifs is 1. The van der Waals surface area contributed by atoms with Crippen LogP contribution < -0.4 is 16.4 Å². The van der Waals surface area contributed by atoms with Gasteiger partial charge in [0.05, 0.1) is 6.10 Å². The standard InChI is InChI=1S/C23H35F2N3O2/c1-22(2)18-12-17(21(26)29)5-4-16(18)13-19(30-3)20(22)28-11-10-27-14-15-6-8-23(24,25)9-7-15/h4-5,12,15,19-20,27-28H,6-11,13-14H2,1-3H3,(H2,26,29)/t19-,20+/m0/s1. The minimum atomic E-state index is -2.47. The largest absolute Gasteiger partial charge is 0.379 e. The van der Waals surface area contributed by atoms with Crippen molar-refractivity contribution >= 4 is 5.91 Å². The number of rotatable bonds is 8. The van der Waals surface area contributed by atoms with Crippen molar-refractivity contribution < 1.29 is 18.3 Å². The SMILES string of the molecule is CO[C@H]1Cc2ccc(C(N)=O)cc2C(C)(C)[C@@H]1NCCNCC1CCC(F)(F)CC1. The maximum absolute atomic E-state index is 13.3. The minimum Gasteiger partial charge on any atom is -0.379 e. The van der Waals surface area contributed by atoms with Crippen LogP contribution in [0.1, 0.15) is 61.0 Å². The Balaban J connectivity index is 1.55. The highest BCUT2D eigenvalue weighted by Gasteiger charge is 2.42. The Morgan fingerprint density at radius 3 is 2.57 bits per heavy atom. The molecule has 4 N–H and O–H groups in total. The smallest absolute Gasteiger partial charge is 0.248 e. The Hall–Kier alpha value is -1.57. The van der Waals surface area contributed by atoms with Crippen LogP contribution in [0.2, 0.25) is 0 Å². The van der Waals surface area contributed by atoms with Gasteiger partial charge < -0.3 is 21.1 Å². The van der Waals surface area contributed by atoms with Crippen LogP contribution in [0.25, 0.3) is 0 Å². The van der Waals surface area contributed by atoms with Crippen molar-refractivity contribution in [1.82, 2.24) is 10.6 Å². The highest BCUT2D eigenvalue weighted by Crippen LogP contribution is 2.39. The van der Waals surface area contributed by atoms with Crippen molar-refractivity contribution in [3.05, 3.63) is 34.9 Å². The monoisotopic (exact) mass is 423 g/mol. The summed E-state index contributed by atoms with van der Waals surface area (Å²) in [6, 6.07) is 5.75. The molecule has 5 nitrogen and oxygen atoms in total. The van der Waals surface area contributed by atoms with Crippen molar-refractivity contribution in [2.75, 3.05) is 26.7 Å². The van der Waals surface area contributed by atoms with E-state index in [4.69, 9.17) is 10.5 Å². The number of hydrogen-bond donors (Lipinski definition) is 3. The van der Waals surface area contributed by atoms with Crippen LogP contribution in [0.15, 0.2) is 18.2 Å². The van der Waals surface area contributed by atoms with E-state index >= 15 is 0 Å². The van der Waals surface area contributed by atoms with E-state index in [1.165, 1.54) is 5.56 Å². The lowest BCUT2D eigenvalue weighted by atomic mass is 9.67. The fourth-order valence-corrected chi connectivity index (χ4v) is 5.01. The van der Waals surface area contributed by atoms with Crippen LogP contribution in [0.4, 0.5) is 8.78 Å². The minimum absolute atomic E-state index is 0.01000. The molecular weight excluding hydrogens is 388 g/mol. The summed E-state index contributed by atoms with van der Waals surface area (Å²) in [6.45, 7) is 6.63. The third-order valence-electron chi connectivity index (χ3n) is 6.90. The fraction of sp³-hybridized carbons (Fsp3) is 0.696. The van der Waals surface area contributed by atoms with Crippen molar-refractivity contribution in [3.63, 3.8) is 0 Å². The topological polar surface area (TPSA) is 76.4 Å². The van der Waals surface area contributed by atoms with E-state index in [1.807, 2.05) is 12.1 Å². The van der Waals surface area contributed by atoms with Gasteiger partial charge in [0.2, 0.25) is 11.8 Å². The van der Waals surface area contributed by atoms with E-state index in [0.717, 1.165) is 31.6 Å². The molecule has 2 aliphatic carbocycles. The molecule has 0 unspecified atom stereocenters. The first-order chi connectivity index (χ1) is 14.1. The van der Waals surface area contributed by atoms with Crippen LogP contribution in [0, 0.1) is 5.92 Å². The zero-order valence-electron chi connectivity index (χ0n) is 18.3. The number of primary amides is 1. The molecular formula is C23H35F2N3O2. The van der Waals surface area contributed by atoms with Crippen LogP contribution in [-0.2, 0) is 16.6 Å². The molecule has 0 saturated heterocycles. The second-order valence-corrected chi connectivity index (χ2v) is 9.37. The third-order valence-corrected chi connectivity index (χ3v) is 6.90. The molecule has 0 aliphatic heterocycles. The zero-order valence-corrected chi connectivity index (χ0v) is 18.3. The Labute approximate surface area is 178 Å². The molecule has 0 heterocycles. The number of carbonyl (C=O) groups excluding carboxylic acids is 1. The fourth-order valence-electron chi connectivity index (χ4n) is 5.01. The molecule has 2 atom stereocenters. The molecule has 168 valence electrons. The number of halogens is 2. The van der Waals surface area contributed by atoms with Crippen LogP contribution in [0.5, 0.6) is 0 Å². The molecule has 7 heteroatoms. The molecule has 3 rings (SSSR count). The van der Waals surface area contributed by atoms with E-state index in [1.54, 1.807) is 13.2 Å². The third kappa shape index (κ3) is 5.18. The van der Waals surface area contributed by atoms with Crippen LogP contribution in [0.3, 0.4) is 0 Å². The van der Waals surface area contributed by atoms with Crippen molar-refractivity contribution in [2.24, 2.45) is 11.7 Å². The second-order valence-electron chi connectivity index (χ2n) is 9.37. The Morgan fingerprint density at radius 1 is 1.23 bits per heavy atom. The summed E-state index contributed by atoms with van der Waals surface area (Å²) < 4.78 is 32.4. The molecule has 0 radical (unpaired) electrons. The number of carbonyl (C=O) groups is 1. The maximum Gasteiger partial charge on any atom is 0.248 e. The van der Waals surface area contributed by atoms with Gasteiger partial charge in [-0.15, -0.1) is 0 Å². The molecule has 0 aromatic heterocycles. The van der Waals surface area contributed by atoms with Gasteiger partial charge in [0, 0.05) is 56.5 Å². The van der Waals surface area contributed by atoms with Gasteiger partial charge in [0.25, 0.3) is 0 Å². The van der Waals surface area contributed by atoms with E-state index in [9.17, 15) is 13.6 Å². The average Bonchev–Trinajstić information content (AvgIpc) is 2.69. The zero-order chi connectivity index (χ0) is 21.9. The molecule has 1 saturated carbocycles. The molecule has 1 aromatic rings. The molecule has 1 fully saturated rings. The second kappa shape index (κ2) is 9.28. The molecule has 30 heavy (non-hydrogen) atoms. The van der Waals surface area contributed by atoms with Crippen molar-refractivity contribution in [1.29, 1.82) is 0 Å². The number of amides is 1. The summed E-state index contributed by atoms with van der Waals surface area (Å²) >= 11 is 0. The number of methoxy groups -OCH3 is 1. The number of benzene rings is 1. The van der Waals surface area contributed by atoms with Gasteiger partial charge in [0.15, 0.2) is 0 Å². The summed E-state index contributed by atoms with van der Waals surface area (Å²) in [6.07, 6.45) is 2.00. The lowest BCUT2D eigenvalue weighted by Gasteiger charge is -2.45. The average molecular weight is 424 g/mol. The van der Waals surface area contributed by atoms with Crippen LogP contribution >= 0.6 is 0 Å². The van der Waals surface area contributed by atoms with Gasteiger partial charge in [0.1, 0.15) is 0 Å². The van der Waals surface area contributed by atoms with E-state index in [2.05, 4.69) is 24.5 Å². The molecule has 1 aromatic carbocycles. The van der Waals surface area contributed by atoms with Crippen LogP contribution in [-0.4, -0.2) is 50.7 Å². The van der Waals surface area contributed by atoms with Crippen molar-refractivity contribution in [2.45, 2.75) is 69.4 Å². The molecule has 2 aliphatic rings. The predicted octanol–water partition coefficient (Wildman–Crippen LogP) is 3.01. The first kappa shape index (κ1) is 23.1.